The van der Waals surface area contributed by atoms with Gasteiger partial charge in [0, 0.05) is 16.6 Å². The van der Waals surface area contributed by atoms with Gasteiger partial charge in [-0.1, -0.05) is 13.3 Å². The fourth-order valence-electron chi connectivity index (χ4n) is 3.42. The van der Waals surface area contributed by atoms with Crippen LogP contribution in [0.15, 0.2) is 45.6 Å². The molecule has 0 bridgehead atoms. The molecule has 0 radical (unpaired) electrons. The molecule has 8 nitrogen and oxygen atoms in total. The van der Waals surface area contributed by atoms with E-state index in [2.05, 4.69) is 5.32 Å². The topological polar surface area (TPSA) is 115 Å². The molecule has 0 atom stereocenters. The zero-order valence-corrected chi connectivity index (χ0v) is 19.2. The van der Waals surface area contributed by atoms with Gasteiger partial charge in [-0.25, -0.2) is 13.2 Å². The number of aryl methyl sites for hydroxylation is 1. The maximum absolute atomic E-state index is 13.6. The summed E-state index contributed by atoms with van der Waals surface area (Å²) >= 11 is 0. The fourth-order valence-corrected chi connectivity index (χ4v) is 3.97. The van der Waals surface area contributed by atoms with Crippen LogP contribution in [-0.4, -0.2) is 27.7 Å². The van der Waals surface area contributed by atoms with Crippen molar-refractivity contribution in [1.29, 1.82) is 0 Å². The lowest BCUT2D eigenvalue weighted by Crippen LogP contribution is -2.23. The number of anilines is 2. The Labute approximate surface area is 192 Å². The fraction of sp³-hybridized carbons (Fsp3) is 0.273. The molecule has 0 spiro atoms. The van der Waals surface area contributed by atoms with Gasteiger partial charge < -0.3 is 14.5 Å². The molecule has 3 rings (SSSR count). The number of sulfonamides is 1. The molecule has 1 amide bonds. The van der Waals surface area contributed by atoms with Gasteiger partial charge in [-0.15, -0.1) is 0 Å². The van der Waals surface area contributed by atoms with Crippen molar-refractivity contribution in [3.63, 3.8) is 0 Å². The van der Waals surface area contributed by atoms with Crippen LogP contribution < -0.4 is 20.4 Å². The monoisotopic (exact) mass is 498 g/mol. The first kappa shape index (κ1) is 25.1. The summed E-state index contributed by atoms with van der Waals surface area (Å²) in [5, 5.41) is 2.47. The number of carbonyl (C=O) groups excluding carboxylic acids is 1. The van der Waals surface area contributed by atoms with E-state index in [0.717, 1.165) is 24.8 Å². The molecule has 1 heterocycles. The Morgan fingerprint density at radius 3 is 2.44 bits per heavy atom. The van der Waals surface area contributed by atoms with Crippen molar-refractivity contribution in [3.05, 3.63) is 63.5 Å². The second kappa shape index (κ2) is 9.37. The molecule has 0 unspecified atom stereocenters. The van der Waals surface area contributed by atoms with Crippen LogP contribution in [0, 0.1) is 0 Å². The van der Waals surface area contributed by atoms with E-state index in [9.17, 15) is 31.2 Å². The molecule has 0 aliphatic carbocycles. The number of ether oxygens (including phenoxy) is 1. The third-order valence-electron chi connectivity index (χ3n) is 4.80. The second-order valence-corrected chi connectivity index (χ2v) is 9.20. The van der Waals surface area contributed by atoms with E-state index in [1.165, 1.54) is 13.2 Å². The summed E-state index contributed by atoms with van der Waals surface area (Å²) in [6, 6.07) is 6.94. The van der Waals surface area contributed by atoms with Gasteiger partial charge in [-0.05, 0) is 42.8 Å². The number of hydrogen-bond acceptors (Lipinski definition) is 6. The molecule has 3 aromatic rings. The molecule has 0 aliphatic rings. The van der Waals surface area contributed by atoms with Crippen molar-refractivity contribution in [2.75, 3.05) is 23.4 Å². The highest BCUT2D eigenvalue weighted by atomic mass is 32.2. The minimum absolute atomic E-state index is 0.231. The molecule has 0 fully saturated rings. The van der Waals surface area contributed by atoms with Gasteiger partial charge in [0.15, 0.2) is 0 Å². The number of fused-ring (bicyclic) bond motifs is 1. The quantitative estimate of drug-likeness (QED) is 0.467. The van der Waals surface area contributed by atoms with Crippen molar-refractivity contribution < 1.29 is 35.5 Å². The third kappa shape index (κ3) is 5.50. The maximum Gasteiger partial charge on any atom is 0.418 e. The molecular formula is C22H21F3N2O6S. The number of nitrogens with one attached hydrogen (secondary N) is 2. The normalized spacial score (nSPS) is 11.9. The summed E-state index contributed by atoms with van der Waals surface area (Å²) in [4.78, 5) is 25.3. The highest BCUT2D eigenvalue weighted by Crippen LogP contribution is 2.37. The maximum atomic E-state index is 13.6. The SMILES string of the molecule is CCCc1c(OC)ccc2cc(C(=O)Nc3ccc(NS(C)(=O)=O)cc3C(F)(F)F)c(=O)oc12. The van der Waals surface area contributed by atoms with Gasteiger partial charge in [0.25, 0.3) is 5.91 Å². The average Bonchev–Trinajstić information content (AvgIpc) is 2.73. The summed E-state index contributed by atoms with van der Waals surface area (Å²) in [5.74, 6) is -0.606. The van der Waals surface area contributed by atoms with Gasteiger partial charge in [0.2, 0.25) is 10.0 Å². The number of methoxy groups -OCH3 is 1. The van der Waals surface area contributed by atoms with Crippen molar-refractivity contribution in [3.8, 4) is 5.75 Å². The van der Waals surface area contributed by atoms with Gasteiger partial charge in [0.05, 0.1) is 24.6 Å². The van der Waals surface area contributed by atoms with E-state index in [-0.39, 0.29) is 11.3 Å². The van der Waals surface area contributed by atoms with E-state index in [0.29, 0.717) is 29.2 Å². The van der Waals surface area contributed by atoms with Crippen LogP contribution in [0.3, 0.4) is 0 Å². The van der Waals surface area contributed by atoms with Gasteiger partial charge in [-0.2, -0.15) is 13.2 Å². The summed E-state index contributed by atoms with van der Waals surface area (Å²) in [5.41, 5.74) is -2.94. The lowest BCUT2D eigenvalue weighted by atomic mass is 10.0. The molecule has 0 aliphatic heterocycles. The Morgan fingerprint density at radius 1 is 1.15 bits per heavy atom. The van der Waals surface area contributed by atoms with E-state index < -0.39 is 44.5 Å². The third-order valence-corrected chi connectivity index (χ3v) is 5.41. The van der Waals surface area contributed by atoms with Gasteiger partial charge in [0.1, 0.15) is 16.9 Å². The summed E-state index contributed by atoms with van der Waals surface area (Å²) in [6.07, 6.45) is -2.86. The van der Waals surface area contributed by atoms with Crippen molar-refractivity contribution in [1.82, 2.24) is 0 Å². The lowest BCUT2D eigenvalue weighted by Gasteiger charge is -2.16. The number of carbonyl (C=O) groups is 1. The summed E-state index contributed by atoms with van der Waals surface area (Å²) < 4.78 is 76.0. The molecule has 2 aromatic carbocycles. The molecule has 1 aromatic heterocycles. The van der Waals surface area contributed by atoms with Crippen LogP contribution >= 0.6 is 0 Å². The van der Waals surface area contributed by atoms with E-state index >= 15 is 0 Å². The molecule has 182 valence electrons. The molecule has 34 heavy (non-hydrogen) atoms. The number of amides is 1. The number of halogens is 3. The first-order chi connectivity index (χ1) is 15.8. The lowest BCUT2D eigenvalue weighted by molar-refractivity contribution is -0.136. The number of rotatable bonds is 7. The molecule has 12 heteroatoms. The Hall–Kier alpha value is -3.54. The van der Waals surface area contributed by atoms with E-state index in [1.54, 1.807) is 12.1 Å². The van der Waals surface area contributed by atoms with Crippen LogP contribution in [0.2, 0.25) is 0 Å². The predicted molar refractivity (Wildman–Crippen MR) is 121 cm³/mol. The highest BCUT2D eigenvalue weighted by molar-refractivity contribution is 7.92. The van der Waals surface area contributed by atoms with E-state index in [4.69, 9.17) is 9.15 Å². The molecule has 0 saturated heterocycles. The molecular weight excluding hydrogens is 477 g/mol. The second-order valence-electron chi connectivity index (χ2n) is 7.45. The first-order valence-corrected chi connectivity index (χ1v) is 11.9. The molecule has 0 saturated carbocycles. The minimum atomic E-state index is -4.92. The minimum Gasteiger partial charge on any atom is -0.496 e. The summed E-state index contributed by atoms with van der Waals surface area (Å²) in [7, 11) is -2.36. The van der Waals surface area contributed by atoms with E-state index in [1.807, 2.05) is 11.6 Å². The zero-order valence-electron chi connectivity index (χ0n) is 18.4. The van der Waals surface area contributed by atoms with Crippen LogP contribution in [0.25, 0.3) is 11.0 Å². The Balaban J connectivity index is 2.03. The van der Waals surface area contributed by atoms with Crippen molar-refractivity contribution >= 4 is 38.3 Å². The Bertz CT molecular complexity index is 1410. The van der Waals surface area contributed by atoms with Gasteiger partial charge >= 0.3 is 11.8 Å². The largest absolute Gasteiger partial charge is 0.496 e. The predicted octanol–water partition coefficient (Wildman–Crippen LogP) is 4.40. The smallest absolute Gasteiger partial charge is 0.418 e. The Kier molecular flexibility index (Phi) is 6.92. The van der Waals surface area contributed by atoms with Crippen molar-refractivity contribution in [2.24, 2.45) is 0 Å². The number of alkyl halides is 3. The number of benzene rings is 2. The van der Waals surface area contributed by atoms with Crippen LogP contribution in [-0.2, 0) is 22.6 Å². The van der Waals surface area contributed by atoms with Crippen molar-refractivity contribution in [2.45, 2.75) is 25.9 Å². The van der Waals surface area contributed by atoms with Crippen LogP contribution in [0.4, 0.5) is 24.5 Å². The van der Waals surface area contributed by atoms with Gasteiger partial charge in [-0.3, -0.25) is 9.52 Å². The first-order valence-electron chi connectivity index (χ1n) is 9.98. The number of hydrogen-bond donors (Lipinski definition) is 2. The standard InChI is InChI=1S/C22H21F3N2O6S/c1-4-5-14-18(32-2)9-6-12-10-15(21(29)33-19(12)14)20(28)26-17-8-7-13(27-34(3,30)31)11-16(17)22(23,24)25/h6-11,27H,4-5H2,1-3H3,(H,26,28). The van der Waals surface area contributed by atoms with Crippen LogP contribution in [0.1, 0.15) is 34.8 Å². The molecule has 2 N–H and O–H groups in total. The zero-order chi connectivity index (χ0) is 25.3. The van der Waals surface area contributed by atoms with Crippen LogP contribution in [0.5, 0.6) is 5.75 Å². The Morgan fingerprint density at radius 2 is 1.85 bits per heavy atom. The highest BCUT2D eigenvalue weighted by Gasteiger charge is 2.35. The average molecular weight is 498 g/mol. The summed E-state index contributed by atoms with van der Waals surface area (Å²) in [6.45, 7) is 1.92.